The Bertz CT molecular complexity index is 1030. The topological polar surface area (TPSA) is 79.0 Å². The lowest BCUT2D eigenvalue weighted by molar-refractivity contribution is -0.117. The number of amides is 1. The van der Waals surface area contributed by atoms with Gasteiger partial charge in [0.05, 0.1) is 23.6 Å². The monoisotopic (exact) mass is 451 g/mol. The molecule has 0 radical (unpaired) electrons. The van der Waals surface area contributed by atoms with Crippen LogP contribution in [0.5, 0.6) is 5.75 Å². The first kappa shape index (κ1) is 22.6. The van der Waals surface area contributed by atoms with E-state index in [1.807, 2.05) is 30.9 Å². The van der Waals surface area contributed by atoms with Crippen molar-refractivity contribution in [2.45, 2.75) is 18.7 Å². The van der Waals surface area contributed by atoms with Gasteiger partial charge in [-0.1, -0.05) is 29.3 Å². The molecule has 0 unspecified atom stereocenters. The van der Waals surface area contributed by atoms with E-state index in [4.69, 9.17) is 16.3 Å². The first-order valence-electron chi connectivity index (χ1n) is 9.64. The van der Waals surface area contributed by atoms with Gasteiger partial charge in [0.25, 0.3) is 0 Å². The number of anilines is 1. The summed E-state index contributed by atoms with van der Waals surface area (Å²) in [5, 5.41) is 3.23. The number of halogens is 1. The Balaban J connectivity index is 1.56. The van der Waals surface area contributed by atoms with E-state index in [9.17, 15) is 13.2 Å². The average molecular weight is 452 g/mol. The molecule has 0 aliphatic carbocycles. The molecule has 1 aliphatic heterocycles. The molecule has 0 bridgehead atoms. The highest BCUT2D eigenvalue weighted by Gasteiger charge is 2.30. The van der Waals surface area contributed by atoms with E-state index in [1.165, 1.54) is 11.4 Å². The quantitative estimate of drug-likeness (QED) is 0.730. The molecule has 0 aromatic heterocycles. The summed E-state index contributed by atoms with van der Waals surface area (Å²) in [6.07, 6.45) is 0. The molecule has 1 aliphatic rings. The van der Waals surface area contributed by atoms with Gasteiger partial charge in [-0.25, -0.2) is 8.42 Å². The van der Waals surface area contributed by atoms with E-state index >= 15 is 0 Å². The van der Waals surface area contributed by atoms with Crippen LogP contribution in [-0.4, -0.2) is 63.4 Å². The normalized spacial score (nSPS) is 15.7. The van der Waals surface area contributed by atoms with Crippen molar-refractivity contribution >= 4 is 33.2 Å². The summed E-state index contributed by atoms with van der Waals surface area (Å²) in [7, 11) is -2.01. The van der Waals surface area contributed by atoms with Crippen LogP contribution in [0.3, 0.4) is 0 Å². The Hall–Kier alpha value is -2.13. The second-order valence-corrected chi connectivity index (χ2v) is 9.66. The molecule has 1 fully saturated rings. The predicted octanol–water partition coefficient (Wildman–Crippen LogP) is 2.91. The van der Waals surface area contributed by atoms with Gasteiger partial charge in [-0.15, -0.1) is 0 Å². The van der Waals surface area contributed by atoms with Crippen molar-refractivity contribution in [2.24, 2.45) is 0 Å². The highest BCUT2D eigenvalue weighted by molar-refractivity contribution is 7.89. The number of methoxy groups -OCH3 is 1. The smallest absolute Gasteiger partial charge is 0.243 e. The number of nitrogens with one attached hydrogen (secondary N) is 1. The first-order chi connectivity index (χ1) is 14.2. The highest BCUT2D eigenvalue weighted by atomic mass is 35.5. The number of nitrogens with zero attached hydrogens (tertiary/aromatic N) is 2. The summed E-state index contributed by atoms with van der Waals surface area (Å²) < 4.78 is 32.5. The number of hydrogen-bond donors (Lipinski definition) is 1. The molecule has 2 aromatic rings. The van der Waals surface area contributed by atoms with E-state index in [0.717, 1.165) is 11.1 Å². The number of aryl methyl sites for hydroxylation is 2. The molecule has 0 spiro atoms. The Morgan fingerprint density at radius 3 is 2.40 bits per heavy atom. The minimum absolute atomic E-state index is 0.179. The van der Waals surface area contributed by atoms with Gasteiger partial charge in [-0.05, 0) is 43.7 Å². The van der Waals surface area contributed by atoms with Gasteiger partial charge in [0.15, 0.2) is 0 Å². The number of piperazine rings is 1. The number of ether oxygens (including phenoxy) is 1. The number of hydrogen-bond acceptors (Lipinski definition) is 5. The molecule has 30 heavy (non-hydrogen) atoms. The summed E-state index contributed by atoms with van der Waals surface area (Å²) in [5.74, 6) is 0.359. The van der Waals surface area contributed by atoms with Crippen LogP contribution in [0, 0.1) is 13.8 Å². The van der Waals surface area contributed by atoms with Crippen LogP contribution in [0.25, 0.3) is 0 Å². The van der Waals surface area contributed by atoms with Crippen molar-refractivity contribution in [2.75, 3.05) is 45.2 Å². The SMILES string of the molecule is COc1ccc(NC(=O)CN2CCN(S(=O)(=O)c3ccc(C)cc3C)CC2)cc1Cl. The summed E-state index contributed by atoms with van der Waals surface area (Å²) in [6.45, 7) is 5.59. The lowest BCUT2D eigenvalue weighted by atomic mass is 10.2. The van der Waals surface area contributed by atoms with Crippen molar-refractivity contribution in [1.82, 2.24) is 9.21 Å². The molecule has 1 amide bonds. The van der Waals surface area contributed by atoms with Crippen LogP contribution in [0.2, 0.25) is 5.02 Å². The molecule has 1 saturated heterocycles. The van der Waals surface area contributed by atoms with Gasteiger partial charge in [0.2, 0.25) is 15.9 Å². The van der Waals surface area contributed by atoms with Crippen LogP contribution in [0.1, 0.15) is 11.1 Å². The molecule has 162 valence electrons. The van der Waals surface area contributed by atoms with Crippen LogP contribution in [-0.2, 0) is 14.8 Å². The minimum Gasteiger partial charge on any atom is -0.495 e. The molecule has 7 nitrogen and oxygen atoms in total. The van der Waals surface area contributed by atoms with Crippen molar-refractivity contribution in [1.29, 1.82) is 0 Å². The minimum atomic E-state index is -3.54. The van der Waals surface area contributed by atoms with Crippen LogP contribution in [0.15, 0.2) is 41.3 Å². The van der Waals surface area contributed by atoms with Crippen molar-refractivity contribution < 1.29 is 17.9 Å². The summed E-state index contributed by atoms with van der Waals surface area (Å²) in [5.41, 5.74) is 2.36. The van der Waals surface area contributed by atoms with E-state index in [2.05, 4.69) is 5.32 Å². The molecule has 0 atom stereocenters. The standard InChI is InChI=1S/C21H26ClN3O4S/c1-15-4-7-20(16(2)12-15)30(27,28)25-10-8-24(9-11-25)14-21(26)23-17-5-6-19(29-3)18(22)13-17/h4-7,12-13H,8-11,14H2,1-3H3,(H,23,26). The summed E-state index contributed by atoms with van der Waals surface area (Å²) in [6, 6.07) is 10.4. The molecule has 9 heteroatoms. The lowest BCUT2D eigenvalue weighted by Gasteiger charge is -2.33. The van der Waals surface area contributed by atoms with Gasteiger partial charge in [-0.2, -0.15) is 4.31 Å². The zero-order valence-electron chi connectivity index (χ0n) is 17.3. The fourth-order valence-corrected chi connectivity index (χ4v) is 5.39. The van der Waals surface area contributed by atoms with Crippen LogP contribution < -0.4 is 10.1 Å². The fraction of sp³-hybridized carbons (Fsp3) is 0.381. The molecular weight excluding hydrogens is 426 g/mol. The summed E-state index contributed by atoms with van der Waals surface area (Å²) in [4.78, 5) is 14.6. The third kappa shape index (κ3) is 5.13. The van der Waals surface area contributed by atoms with Gasteiger partial charge in [0.1, 0.15) is 5.75 Å². The first-order valence-corrected chi connectivity index (χ1v) is 11.5. The molecule has 3 rings (SSSR count). The van der Waals surface area contributed by atoms with Crippen LogP contribution in [0.4, 0.5) is 5.69 Å². The maximum Gasteiger partial charge on any atom is 0.243 e. The zero-order chi connectivity index (χ0) is 21.9. The number of carbonyl (C=O) groups excluding carboxylic acids is 1. The molecule has 1 N–H and O–H groups in total. The van der Waals surface area contributed by atoms with Crippen molar-refractivity contribution in [3.05, 3.63) is 52.5 Å². The largest absolute Gasteiger partial charge is 0.495 e. The number of benzene rings is 2. The number of sulfonamides is 1. The summed E-state index contributed by atoms with van der Waals surface area (Å²) >= 11 is 6.08. The van der Waals surface area contributed by atoms with E-state index in [0.29, 0.717) is 47.5 Å². The van der Waals surface area contributed by atoms with Crippen LogP contribution >= 0.6 is 11.6 Å². The maximum absolute atomic E-state index is 13.0. The second-order valence-electron chi connectivity index (χ2n) is 7.35. The highest BCUT2D eigenvalue weighted by Crippen LogP contribution is 2.27. The molecule has 2 aromatic carbocycles. The van der Waals surface area contributed by atoms with E-state index in [-0.39, 0.29) is 12.5 Å². The zero-order valence-corrected chi connectivity index (χ0v) is 18.9. The average Bonchev–Trinajstić information content (AvgIpc) is 2.68. The Kier molecular flexibility index (Phi) is 7.02. The third-order valence-electron chi connectivity index (χ3n) is 5.08. The molecule has 1 heterocycles. The second kappa shape index (κ2) is 9.34. The maximum atomic E-state index is 13.0. The van der Waals surface area contributed by atoms with Crippen molar-refractivity contribution in [3.63, 3.8) is 0 Å². The van der Waals surface area contributed by atoms with Gasteiger partial charge >= 0.3 is 0 Å². The third-order valence-corrected chi connectivity index (χ3v) is 7.44. The Morgan fingerprint density at radius 1 is 1.10 bits per heavy atom. The molecule has 0 saturated carbocycles. The van der Waals surface area contributed by atoms with E-state index in [1.54, 1.807) is 24.3 Å². The predicted molar refractivity (Wildman–Crippen MR) is 118 cm³/mol. The fourth-order valence-electron chi connectivity index (χ4n) is 3.50. The van der Waals surface area contributed by atoms with Crippen molar-refractivity contribution in [3.8, 4) is 5.75 Å². The lowest BCUT2D eigenvalue weighted by Crippen LogP contribution is -2.50. The number of rotatable bonds is 6. The van der Waals surface area contributed by atoms with Gasteiger partial charge in [-0.3, -0.25) is 9.69 Å². The Labute approximate surface area is 182 Å². The Morgan fingerprint density at radius 2 is 1.80 bits per heavy atom. The molecular formula is C21H26ClN3O4S. The number of carbonyl (C=O) groups is 1. The van der Waals surface area contributed by atoms with Gasteiger partial charge in [0, 0.05) is 31.9 Å². The van der Waals surface area contributed by atoms with E-state index < -0.39 is 10.0 Å². The van der Waals surface area contributed by atoms with Gasteiger partial charge < -0.3 is 10.1 Å².